The van der Waals surface area contributed by atoms with E-state index in [-0.39, 0.29) is 0 Å². The van der Waals surface area contributed by atoms with E-state index in [4.69, 9.17) is 0 Å². The summed E-state index contributed by atoms with van der Waals surface area (Å²) in [6.07, 6.45) is 0. The molecule has 0 fully saturated rings. The topological polar surface area (TPSA) is 15.8 Å². The van der Waals surface area contributed by atoms with Crippen LogP contribution in [0, 0.1) is 6.07 Å². The fourth-order valence-corrected chi connectivity index (χ4v) is 1.79. The molecule has 1 nitrogen and oxygen atoms in total. The van der Waals surface area contributed by atoms with Crippen molar-refractivity contribution >= 4 is 10.9 Å². The van der Waals surface area contributed by atoms with Gasteiger partial charge in [0.15, 0.2) is 0 Å². The Morgan fingerprint density at radius 3 is 2.67 bits per heavy atom. The van der Waals surface area contributed by atoms with Crippen LogP contribution in [-0.4, -0.2) is 4.98 Å². The van der Waals surface area contributed by atoms with Crippen LogP contribution in [0.1, 0.15) is 0 Å². The van der Waals surface area contributed by atoms with Crippen molar-refractivity contribution in [2.24, 2.45) is 0 Å². The first-order valence-electron chi connectivity index (χ1n) is 4.98. The molecule has 1 heteroatoms. The van der Waals surface area contributed by atoms with Crippen LogP contribution in [-0.2, 0) is 0 Å². The molecule has 2 aromatic carbocycles. The highest BCUT2D eigenvalue weighted by atomic mass is 14.7. The smallest absolute Gasteiger partial charge is 0.0465 e. The van der Waals surface area contributed by atoms with Gasteiger partial charge in [-0.1, -0.05) is 42.5 Å². The third kappa shape index (κ3) is 1.42. The predicted molar refractivity (Wildman–Crippen MR) is 62.6 cm³/mol. The van der Waals surface area contributed by atoms with Crippen molar-refractivity contribution in [2.45, 2.75) is 0 Å². The Morgan fingerprint density at radius 1 is 1.00 bits per heavy atom. The second-order valence-electron chi connectivity index (χ2n) is 3.56. The van der Waals surface area contributed by atoms with Gasteiger partial charge in [0.25, 0.3) is 0 Å². The second-order valence-corrected chi connectivity index (χ2v) is 3.56. The summed E-state index contributed by atoms with van der Waals surface area (Å²) in [6, 6.07) is 21.5. The van der Waals surface area contributed by atoms with Gasteiger partial charge in [-0.25, -0.2) is 0 Å². The van der Waals surface area contributed by atoms with Gasteiger partial charge in [-0.05, 0) is 23.8 Å². The molecule has 0 saturated heterocycles. The maximum atomic E-state index is 3.38. The Balaban J connectivity index is 2.21. The Morgan fingerprint density at radius 2 is 1.87 bits per heavy atom. The molecule has 0 saturated carbocycles. The highest BCUT2D eigenvalue weighted by Crippen LogP contribution is 2.23. The Kier molecular flexibility index (Phi) is 1.82. The largest absolute Gasteiger partial charge is 0.355 e. The van der Waals surface area contributed by atoms with Crippen molar-refractivity contribution in [3.63, 3.8) is 0 Å². The number of fused-ring (bicyclic) bond motifs is 1. The maximum absolute atomic E-state index is 3.38. The number of nitrogens with one attached hydrogen (secondary N) is 1. The minimum atomic E-state index is 1.14. The van der Waals surface area contributed by atoms with E-state index in [1.807, 2.05) is 30.3 Å². The number of hydrogen-bond acceptors (Lipinski definition) is 0. The molecule has 0 aliphatic rings. The van der Waals surface area contributed by atoms with E-state index in [9.17, 15) is 0 Å². The molecule has 3 aromatic rings. The second kappa shape index (κ2) is 3.28. The lowest BCUT2D eigenvalue weighted by atomic mass is 10.1. The van der Waals surface area contributed by atoms with Crippen molar-refractivity contribution in [3.05, 3.63) is 60.7 Å². The highest BCUT2D eigenvalue weighted by Gasteiger charge is 2.00. The first-order valence-corrected chi connectivity index (χ1v) is 4.98. The van der Waals surface area contributed by atoms with Crippen LogP contribution >= 0.6 is 0 Å². The predicted octanol–water partition coefficient (Wildman–Crippen LogP) is 3.64. The summed E-state index contributed by atoms with van der Waals surface area (Å²) >= 11 is 0. The van der Waals surface area contributed by atoms with Crippen LogP contribution < -0.4 is 0 Å². The van der Waals surface area contributed by atoms with E-state index >= 15 is 0 Å². The molecule has 1 heterocycles. The Bertz CT molecular complexity index is 545. The van der Waals surface area contributed by atoms with Crippen molar-refractivity contribution in [2.75, 3.05) is 0 Å². The van der Waals surface area contributed by atoms with Gasteiger partial charge in [0, 0.05) is 16.6 Å². The Hall–Kier alpha value is -2.02. The zero-order chi connectivity index (χ0) is 10.1. The fraction of sp³-hybridized carbons (Fsp3) is 0. The van der Waals surface area contributed by atoms with E-state index in [2.05, 4.69) is 35.3 Å². The lowest BCUT2D eigenvalue weighted by Crippen LogP contribution is -1.74. The van der Waals surface area contributed by atoms with Crippen molar-refractivity contribution in [3.8, 4) is 11.3 Å². The first kappa shape index (κ1) is 8.30. The highest BCUT2D eigenvalue weighted by molar-refractivity contribution is 5.85. The van der Waals surface area contributed by atoms with Crippen LogP contribution in [0.4, 0.5) is 0 Å². The lowest BCUT2D eigenvalue weighted by molar-refractivity contribution is 1.45. The van der Waals surface area contributed by atoms with Crippen LogP contribution in [0.2, 0.25) is 0 Å². The van der Waals surface area contributed by atoms with Crippen LogP contribution in [0.15, 0.2) is 54.6 Å². The standard InChI is InChI=1S/C14H10N/c1-2-6-11(7-3-1)14-10-12-8-4-5-9-13(12)15-14/h1-4,6-10,15H. The zero-order valence-electron chi connectivity index (χ0n) is 8.20. The van der Waals surface area contributed by atoms with Gasteiger partial charge in [0.05, 0.1) is 0 Å². The summed E-state index contributed by atoms with van der Waals surface area (Å²) in [4.78, 5) is 3.38. The summed E-state index contributed by atoms with van der Waals surface area (Å²) in [5.74, 6) is 0. The average molecular weight is 192 g/mol. The lowest BCUT2D eigenvalue weighted by Gasteiger charge is -1.94. The van der Waals surface area contributed by atoms with E-state index in [1.165, 1.54) is 10.9 Å². The van der Waals surface area contributed by atoms with Crippen LogP contribution in [0.3, 0.4) is 0 Å². The molecule has 0 bridgehead atoms. The summed E-state index contributed by atoms with van der Waals surface area (Å²) in [6.45, 7) is 0. The number of benzene rings is 2. The number of H-pyrrole nitrogens is 1. The SMILES string of the molecule is [c]1ccc2cc(-c3ccccc3)[nH]c2c1. The molecular weight excluding hydrogens is 182 g/mol. The normalized spacial score (nSPS) is 10.7. The summed E-state index contributed by atoms with van der Waals surface area (Å²) < 4.78 is 0. The minimum absolute atomic E-state index is 1.14. The molecular formula is C14H10N. The molecule has 3 rings (SSSR count). The molecule has 0 spiro atoms. The van der Waals surface area contributed by atoms with E-state index in [0.29, 0.717) is 0 Å². The average Bonchev–Trinajstić information content (AvgIpc) is 2.74. The number of hydrogen-bond donors (Lipinski definition) is 1. The van der Waals surface area contributed by atoms with Crippen molar-refractivity contribution in [1.29, 1.82) is 0 Å². The summed E-state index contributed by atoms with van der Waals surface area (Å²) in [5.41, 5.74) is 3.51. The van der Waals surface area contributed by atoms with E-state index in [1.54, 1.807) is 0 Å². The Labute approximate surface area is 88.4 Å². The van der Waals surface area contributed by atoms with Gasteiger partial charge < -0.3 is 4.98 Å². The number of aromatic nitrogens is 1. The molecule has 71 valence electrons. The third-order valence-corrected chi connectivity index (χ3v) is 2.55. The first-order chi connectivity index (χ1) is 7.43. The van der Waals surface area contributed by atoms with Crippen LogP contribution in [0.5, 0.6) is 0 Å². The van der Waals surface area contributed by atoms with Crippen molar-refractivity contribution < 1.29 is 0 Å². The number of aromatic amines is 1. The van der Waals surface area contributed by atoms with E-state index < -0.39 is 0 Å². The molecule has 1 aromatic heterocycles. The van der Waals surface area contributed by atoms with Crippen LogP contribution in [0.25, 0.3) is 22.2 Å². The zero-order valence-corrected chi connectivity index (χ0v) is 8.20. The van der Waals surface area contributed by atoms with E-state index in [0.717, 1.165) is 11.2 Å². The fourth-order valence-electron chi connectivity index (χ4n) is 1.79. The quantitative estimate of drug-likeness (QED) is 0.606. The maximum Gasteiger partial charge on any atom is 0.0465 e. The molecule has 0 unspecified atom stereocenters. The monoisotopic (exact) mass is 192 g/mol. The van der Waals surface area contributed by atoms with Crippen molar-refractivity contribution in [1.82, 2.24) is 4.98 Å². The summed E-state index contributed by atoms with van der Waals surface area (Å²) in [5, 5.41) is 1.23. The van der Waals surface area contributed by atoms with Gasteiger partial charge in [-0.15, -0.1) is 0 Å². The number of rotatable bonds is 1. The molecule has 1 N–H and O–H groups in total. The molecule has 0 aliphatic heterocycles. The van der Waals surface area contributed by atoms with Gasteiger partial charge in [0.2, 0.25) is 0 Å². The molecule has 0 atom stereocenters. The third-order valence-electron chi connectivity index (χ3n) is 2.55. The molecule has 15 heavy (non-hydrogen) atoms. The van der Waals surface area contributed by atoms with Gasteiger partial charge in [0.1, 0.15) is 0 Å². The van der Waals surface area contributed by atoms with Gasteiger partial charge in [-0.3, -0.25) is 0 Å². The minimum Gasteiger partial charge on any atom is -0.355 e. The molecule has 0 amide bonds. The molecule has 1 radical (unpaired) electrons. The summed E-state index contributed by atoms with van der Waals surface area (Å²) in [7, 11) is 0. The molecule has 0 aliphatic carbocycles. The van der Waals surface area contributed by atoms with Gasteiger partial charge in [-0.2, -0.15) is 0 Å². The van der Waals surface area contributed by atoms with Gasteiger partial charge >= 0.3 is 0 Å².